The van der Waals surface area contributed by atoms with E-state index >= 15 is 0 Å². The first-order valence-corrected chi connectivity index (χ1v) is 4.26. The van der Waals surface area contributed by atoms with Crippen LogP contribution in [0.1, 0.15) is 23.3 Å². The van der Waals surface area contributed by atoms with Crippen LogP contribution >= 0.6 is 0 Å². The van der Waals surface area contributed by atoms with Gasteiger partial charge in [0, 0.05) is 0 Å². The van der Waals surface area contributed by atoms with Gasteiger partial charge in [-0.1, -0.05) is 24.3 Å². The summed E-state index contributed by atoms with van der Waals surface area (Å²) in [5, 5.41) is 0. The molecule has 2 nitrogen and oxygen atoms in total. The SMILES string of the molecule is c1cc(C2CO2)ccc1C1CO1. The largest absolute Gasteiger partial charge is 0.368 e. The molecule has 0 bridgehead atoms. The summed E-state index contributed by atoms with van der Waals surface area (Å²) in [6.45, 7) is 1.78. The Morgan fingerprint density at radius 3 is 1.42 bits per heavy atom. The van der Waals surface area contributed by atoms with Crippen LogP contribution in [0.2, 0.25) is 0 Å². The Morgan fingerprint density at radius 2 is 1.17 bits per heavy atom. The van der Waals surface area contributed by atoms with Gasteiger partial charge in [-0.25, -0.2) is 0 Å². The van der Waals surface area contributed by atoms with E-state index in [1.165, 1.54) is 11.1 Å². The Balaban J connectivity index is 1.86. The van der Waals surface area contributed by atoms with Crippen molar-refractivity contribution in [1.29, 1.82) is 0 Å². The molecule has 1 aromatic rings. The molecule has 0 N–H and O–H groups in total. The molecule has 0 amide bonds. The normalized spacial score (nSPS) is 31.7. The third kappa shape index (κ3) is 1.13. The van der Waals surface area contributed by atoms with E-state index < -0.39 is 0 Å². The second-order valence-electron chi connectivity index (χ2n) is 3.31. The van der Waals surface area contributed by atoms with Crippen LogP contribution in [0.4, 0.5) is 0 Å². The van der Waals surface area contributed by atoms with Crippen molar-refractivity contribution < 1.29 is 9.47 Å². The molecule has 3 rings (SSSR count). The summed E-state index contributed by atoms with van der Waals surface area (Å²) in [6, 6.07) is 8.53. The highest BCUT2D eigenvalue weighted by Crippen LogP contribution is 2.33. The average molecular weight is 162 g/mol. The van der Waals surface area contributed by atoms with Crippen LogP contribution in [0.3, 0.4) is 0 Å². The summed E-state index contributed by atoms with van der Waals surface area (Å²) in [7, 11) is 0. The predicted molar refractivity (Wildman–Crippen MR) is 43.8 cm³/mol. The molecule has 2 heteroatoms. The van der Waals surface area contributed by atoms with Crippen molar-refractivity contribution in [3.05, 3.63) is 35.4 Å². The molecule has 62 valence electrons. The molecule has 2 aliphatic heterocycles. The van der Waals surface area contributed by atoms with Crippen LogP contribution in [0, 0.1) is 0 Å². The zero-order valence-electron chi connectivity index (χ0n) is 6.69. The predicted octanol–water partition coefficient (Wildman–Crippen LogP) is 1.83. The Bertz CT molecular complexity index is 252. The quantitative estimate of drug-likeness (QED) is 0.620. The third-order valence-electron chi connectivity index (χ3n) is 2.35. The molecule has 2 atom stereocenters. The zero-order chi connectivity index (χ0) is 7.97. The summed E-state index contributed by atoms with van der Waals surface area (Å²) in [6.07, 6.45) is 0.748. The van der Waals surface area contributed by atoms with Crippen molar-refractivity contribution in [2.24, 2.45) is 0 Å². The number of hydrogen-bond acceptors (Lipinski definition) is 2. The van der Waals surface area contributed by atoms with Crippen molar-refractivity contribution in [2.45, 2.75) is 12.2 Å². The monoisotopic (exact) mass is 162 g/mol. The van der Waals surface area contributed by atoms with Gasteiger partial charge >= 0.3 is 0 Å². The van der Waals surface area contributed by atoms with Gasteiger partial charge in [-0.2, -0.15) is 0 Å². The Kier molecular flexibility index (Phi) is 1.28. The second kappa shape index (κ2) is 2.31. The van der Waals surface area contributed by atoms with Gasteiger partial charge < -0.3 is 9.47 Å². The molecular formula is C10H10O2. The van der Waals surface area contributed by atoms with Gasteiger partial charge in [0.25, 0.3) is 0 Å². The van der Waals surface area contributed by atoms with Crippen LogP contribution < -0.4 is 0 Å². The first kappa shape index (κ1) is 6.63. The minimum Gasteiger partial charge on any atom is -0.368 e. The molecule has 0 radical (unpaired) electrons. The van der Waals surface area contributed by atoms with Gasteiger partial charge in [0.1, 0.15) is 12.2 Å². The standard InChI is InChI=1S/C10H10O2/c1-2-8(10-6-12-10)4-3-7(1)9-5-11-9/h1-4,9-10H,5-6H2. The minimum atomic E-state index is 0.374. The topological polar surface area (TPSA) is 25.1 Å². The summed E-state index contributed by atoms with van der Waals surface area (Å²) in [5.41, 5.74) is 2.58. The van der Waals surface area contributed by atoms with Crippen molar-refractivity contribution in [3.8, 4) is 0 Å². The molecule has 2 saturated heterocycles. The van der Waals surface area contributed by atoms with Gasteiger partial charge in [-0.05, 0) is 11.1 Å². The van der Waals surface area contributed by atoms with E-state index in [2.05, 4.69) is 24.3 Å². The highest BCUT2D eigenvalue weighted by atomic mass is 16.6. The first-order valence-electron chi connectivity index (χ1n) is 4.26. The van der Waals surface area contributed by atoms with E-state index in [1.807, 2.05) is 0 Å². The molecule has 1 aromatic carbocycles. The van der Waals surface area contributed by atoms with Gasteiger partial charge in [0.05, 0.1) is 13.2 Å². The molecule has 0 saturated carbocycles. The highest BCUT2D eigenvalue weighted by Gasteiger charge is 2.27. The van der Waals surface area contributed by atoms with Gasteiger partial charge in [-0.15, -0.1) is 0 Å². The zero-order valence-corrected chi connectivity index (χ0v) is 6.69. The van der Waals surface area contributed by atoms with Crippen molar-refractivity contribution >= 4 is 0 Å². The Morgan fingerprint density at radius 1 is 0.833 bits per heavy atom. The molecule has 2 fully saturated rings. The van der Waals surface area contributed by atoms with Gasteiger partial charge in [0.15, 0.2) is 0 Å². The molecule has 2 aliphatic rings. The van der Waals surface area contributed by atoms with Gasteiger partial charge in [-0.3, -0.25) is 0 Å². The van der Waals surface area contributed by atoms with Crippen LogP contribution in [-0.2, 0) is 9.47 Å². The second-order valence-corrected chi connectivity index (χ2v) is 3.31. The minimum absolute atomic E-state index is 0.374. The van der Waals surface area contributed by atoms with Crippen LogP contribution in [-0.4, -0.2) is 13.2 Å². The van der Waals surface area contributed by atoms with Crippen LogP contribution in [0.5, 0.6) is 0 Å². The Labute approximate surface area is 71.1 Å². The van der Waals surface area contributed by atoms with E-state index in [1.54, 1.807) is 0 Å². The number of epoxide rings is 2. The summed E-state index contributed by atoms with van der Waals surface area (Å²) in [4.78, 5) is 0. The van der Waals surface area contributed by atoms with E-state index in [9.17, 15) is 0 Å². The molecule has 0 aliphatic carbocycles. The fraction of sp³-hybridized carbons (Fsp3) is 0.400. The van der Waals surface area contributed by atoms with E-state index in [4.69, 9.17) is 9.47 Å². The molecule has 0 spiro atoms. The maximum absolute atomic E-state index is 5.18. The van der Waals surface area contributed by atoms with E-state index in [-0.39, 0.29) is 0 Å². The molecular weight excluding hydrogens is 152 g/mol. The number of benzene rings is 1. The van der Waals surface area contributed by atoms with Crippen LogP contribution in [0.25, 0.3) is 0 Å². The van der Waals surface area contributed by atoms with E-state index in [0.717, 1.165) is 13.2 Å². The molecule has 2 heterocycles. The smallest absolute Gasteiger partial charge is 0.106 e. The summed E-state index contributed by atoms with van der Waals surface area (Å²) >= 11 is 0. The molecule has 12 heavy (non-hydrogen) atoms. The lowest BCUT2D eigenvalue weighted by Crippen LogP contribution is -1.83. The lowest BCUT2D eigenvalue weighted by molar-refractivity contribution is 0.412. The maximum atomic E-state index is 5.18. The fourth-order valence-corrected chi connectivity index (χ4v) is 1.41. The van der Waals surface area contributed by atoms with E-state index in [0.29, 0.717) is 12.2 Å². The van der Waals surface area contributed by atoms with Crippen molar-refractivity contribution in [3.63, 3.8) is 0 Å². The third-order valence-corrected chi connectivity index (χ3v) is 2.35. The number of hydrogen-bond donors (Lipinski definition) is 0. The summed E-state index contributed by atoms with van der Waals surface area (Å²) in [5.74, 6) is 0. The average Bonchev–Trinajstić information content (AvgIpc) is 2.98. The lowest BCUT2D eigenvalue weighted by atomic mass is 10.1. The fourth-order valence-electron chi connectivity index (χ4n) is 1.41. The van der Waals surface area contributed by atoms with Crippen molar-refractivity contribution in [1.82, 2.24) is 0 Å². The maximum Gasteiger partial charge on any atom is 0.106 e. The Hall–Kier alpha value is -0.860. The number of rotatable bonds is 2. The molecule has 0 aromatic heterocycles. The molecule has 2 unspecified atom stereocenters. The number of ether oxygens (including phenoxy) is 2. The lowest BCUT2D eigenvalue weighted by Gasteiger charge is -1.97. The first-order chi connectivity index (χ1) is 5.93. The van der Waals surface area contributed by atoms with Crippen LogP contribution in [0.15, 0.2) is 24.3 Å². The van der Waals surface area contributed by atoms with Crippen molar-refractivity contribution in [2.75, 3.05) is 13.2 Å². The summed E-state index contributed by atoms with van der Waals surface area (Å²) < 4.78 is 10.4. The highest BCUT2D eigenvalue weighted by molar-refractivity contribution is 5.28. The van der Waals surface area contributed by atoms with Gasteiger partial charge in [0.2, 0.25) is 0 Å².